The predicted molar refractivity (Wildman–Crippen MR) is 65.4 cm³/mol. The minimum Gasteiger partial charge on any atom is -0.476 e. The number of aromatic carboxylic acids is 1. The van der Waals surface area contributed by atoms with Crippen molar-refractivity contribution in [1.82, 2.24) is 4.98 Å². The number of pyridine rings is 1. The SMILES string of the molecule is O=C(O)c1ncccc1Oc1cc(F)cc(Br)c1. The van der Waals surface area contributed by atoms with Crippen LogP contribution >= 0.6 is 15.9 Å². The fourth-order valence-electron chi connectivity index (χ4n) is 1.35. The Kier molecular flexibility index (Phi) is 3.57. The van der Waals surface area contributed by atoms with Gasteiger partial charge in [-0.2, -0.15) is 0 Å². The molecule has 92 valence electrons. The molecule has 0 unspecified atom stereocenters. The van der Waals surface area contributed by atoms with Crippen LogP contribution < -0.4 is 4.74 Å². The van der Waals surface area contributed by atoms with Crippen molar-refractivity contribution in [3.05, 3.63) is 52.5 Å². The van der Waals surface area contributed by atoms with Crippen LogP contribution in [0.4, 0.5) is 4.39 Å². The number of carbonyl (C=O) groups is 1. The van der Waals surface area contributed by atoms with Crippen molar-refractivity contribution in [2.24, 2.45) is 0 Å². The average Bonchev–Trinajstić information content (AvgIpc) is 2.27. The van der Waals surface area contributed by atoms with Gasteiger partial charge < -0.3 is 9.84 Å². The highest BCUT2D eigenvalue weighted by molar-refractivity contribution is 9.10. The maximum absolute atomic E-state index is 13.1. The molecule has 0 atom stereocenters. The fourth-order valence-corrected chi connectivity index (χ4v) is 1.79. The molecule has 0 spiro atoms. The molecule has 0 aliphatic heterocycles. The van der Waals surface area contributed by atoms with E-state index in [2.05, 4.69) is 20.9 Å². The van der Waals surface area contributed by atoms with Crippen molar-refractivity contribution in [1.29, 1.82) is 0 Å². The normalized spacial score (nSPS) is 10.1. The first-order valence-electron chi connectivity index (χ1n) is 4.88. The minimum absolute atomic E-state index is 0.0579. The number of rotatable bonds is 3. The number of hydrogen-bond acceptors (Lipinski definition) is 3. The Morgan fingerprint density at radius 3 is 2.83 bits per heavy atom. The first kappa shape index (κ1) is 12.5. The third-order valence-electron chi connectivity index (χ3n) is 2.04. The number of aromatic nitrogens is 1. The molecule has 0 radical (unpaired) electrons. The van der Waals surface area contributed by atoms with Gasteiger partial charge in [-0.3, -0.25) is 0 Å². The van der Waals surface area contributed by atoms with Gasteiger partial charge in [0, 0.05) is 16.7 Å². The van der Waals surface area contributed by atoms with Crippen LogP contribution in [-0.4, -0.2) is 16.1 Å². The van der Waals surface area contributed by atoms with Crippen LogP contribution in [0.5, 0.6) is 11.5 Å². The maximum Gasteiger partial charge on any atom is 0.358 e. The molecule has 1 N–H and O–H groups in total. The number of nitrogens with zero attached hydrogens (tertiary/aromatic N) is 1. The molecule has 0 saturated carbocycles. The molecular weight excluding hydrogens is 305 g/mol. The summed E-state index contributed by atoms with van der Waals surface area (Å²) >= 11 is 3.12. The summed E-state index contributed by atoms with van der Waals surface area (Å²) in [6.45, 7) is 0. The van der Waals surface area contributed by atoms with Gasteiger partial charge in [-0.15, -0.1) is 0 Å². The third kappa shape index (κ3) is 2.84. The maximum atomic E-state index is 13.1. The minimum atomic E-state index is -1.21. The van der Waals surface area contributed by atoms with Crippen LogP contribution in [0, 0.1) is 5.82 Å². The standard InChI is InChI=1S/C12H7BrFNO3/c13-7-4-8(14)6-9(5-7)18-10-2-1-3-15-11(10)12(16)17/h1-6H,(H,16,17). The first-order chi connectivity index (χ1) is 8.56. The smallest absolute Gasteiger partial charge is 0.358 e. The molecule has 1 aromatic carbocycles. The highest BCUT2D eigenvalue weighted by Crippen LogP contribution is 2.27. The number of ether oxygens (including phenoxy) is 1. The van der Waals surface area contributed by atoms with E-state index in [0.29, 0.717) is 4.47 Å². The van der Waals surface area contributed by atoms with Gasteiger partial charge in [-0.05, 0) is 24.3 Å². The Labute approximate surface area is 110 Å². The van der Waals surface area contributed by atoms with Crippen LogP contribution in [0.25, 0.3) is 0 Å². The van der Waals surface area contributed by atoms with Gasteiger partial charge in [0.15, 0.2) is 11.4 Å². The second-order valence-corrected chi connectivity index (χ2v) is 4.28. The van der Waals surface area contributed by atoms with Crippen LogP contribution in [0.1, 0.15) is 10.5 Å². The molecule has 4 nitrogen and oxygen atoms in total. The van der Waals surface area contributed by atoms with Crippen molar-refractivity contribution in [3.63, 3.8) is 0 Å². The molecule has 0 aliphatic carbocycles. The van der Waals surface area contributed by atoms with E-state index in [1.54, 1.807) is 0 Å². The van der Waals surface area contributed by atoms with Crippen molar-refractivity contribution < 1.29 is 19.0 Å². The Hall–Kier alpha value is -1.95. The molecule has 0 saturated heterocycles. The summed E-state index contributed by atoms with van der Waals surface area (Å²) in [5, 5.41) is 8.93. The third-order valence-corrected chi connectivity index (χ3v) is 2.49. The van der Waals surface area contributed by atoms with Gasteiger partial charge in [-0.25, -0.2) is 14.2 Å². The zero-order valence-corrected chi connectivity index (χ0v) is 10.5. The van der Waals surface area contributed by atoms with Gasteiger partial charge in [0.25, 0.3) is 0 Å². The zero-order chi connectivity index (χ0) is 13.1. The monoisotopic (exact) mass is 311 g/mol. The lowest BCUT2D eigenvalue weighted by molar-refractivity contribution is 0.0687. The number of carboxylic acid groups (broad SMARTS) is 1. The van der Waals surface area contributed by atoms with Crippen molar-refractivity contribution >= 4 is 21.9 Å². The molecule has 0 aliphatic rings. The predicted octanol–water partition coefficient (Wildman–Crippen LogP) is 3.47. The van der Waals surface area contributed by atoms with Gasteiger partial charge in [0.1, 0.15) is 11.6 Å². The Bertz CT molecular complexity index is 583. The molecule has 2 aromatic rings. The summed E-state index contributed by atoms with van der Waals surface area (Å²) in [6.07, 6.45) is 1.35. The number of halogens is 2. The largest absolute Gasteiger partial charge is 0.476 e. The molecule has 0 fully saturated rings. The highest BCUT2D eigenvalue weighted by Gasteiger charge is 2.13. The molecule has 2 rings (SSSR count). The molecular formula is C12H7BrFNO3. The summed E-state index contributed by atoms with van der Waals surface area (Å²) in [7, 11) is 0. The highest BCUT2D eigenvalue weighted by atomic mass is 79.9. The van der Waals surface area contributed by atoms with Crippen LogP contribution in [0.15, 0.2) is 41.0 Å². The molecule has 0 bridgehead atoms. The van der Waals surface area contributed by atoms with E-state index in [0.717, 1.165) is 6.07 Å². The van der Waals surface area contributed by atoms with E-state index in [1.165, 1.54) is 30.5 Å². The number of hydrogen-bond donors (Lipinski definition) is 1. The van der Waals surface area contributed by atoms with Gasteiger partial charge in [0.2, 0.25) is 0 Å². The summed E-state index contributed by atoms with van der Waals surface area (Å²) in [6, 6.07) is 6.95. The van der Waals surface area contributed by atoms with Crippen LogP contribution in [-0.2, 0) is 0 Å². The lowest BCUT2D eigenvalue weighted by atomic mass is 10.3. The van der Waals surface area contributed by atoms with E-state index in [1.807, 2.05) is 0 Å². The van der Waals surface area contributed by atoms with E-state index in [-0.39, 0.29) is 17.2 Å². The second kappa shape index (κ2) is 5.14. The van der Waals surface area contributed by atoms with Gasteiger partial charge in [0.05, 0.1) is 0 Å². The van der Waals surface area contributed by atoms with Crippen LogP contribution in [0.3, 0.4) is 0 Å². The van der Waals surface area contributed by atoms with E-state index in [4.69, 9.17) is 9.84 Å². The second-order valence-electron chi connectivity index (χ2n) is 3.36. The molecule has 1 aromatic heterocycles. The summed E-state index contributed by atoms with van der Waals surface area (Å²) in [5.74, 6) is -1.44. The van der Waals surface area contributed by atoms with E-state index < -0.39 is 11.8 Å². The average molecular weight is 312 g/mol. The molecule has 6 heteroatoms. The summed E-state index contributed by atoms with van der Waals surface area (Å²) < 4.78 is 19.0. The summed E-state index contributed by atoms with van der Waals surface area (Å²) in [4.78, 5) is 14.6. The molecule has 0 amide bonds. The quantitative estimate of drug-likeness (QED) is 0.943. The molecule has 18 heavy (non-hydrogen) atoms. The van der Waals surface area contributed by atoms with Crippen molar-refractivity contribution in [2.45, 2.75) is 0 Å². The number of benzene rings is 1. The van der Waals surface area contributed by atoms with Crippen LogP contribution in [0.2, 0.25) is 0 Å². The first-order valence-corrected chi connectivity index (χ1v) is 5.68. The lowest BCUT2D eigenvalue weighted by Crippen LogP contribution is -2.02. The van der Waals surface area contributed by atoms with Crippen molar-refractivity contribution in [2.75, 3.05) is 0 Å². The molecule has 1 heterocycles. The Morgan fingerprint density at radius 1 is 1.39 bits per heavy atom. The zero-order valence-electron chi connectivity index (χ0n) is 8.93. The van der Waals surface area contributed by atoms with Gasteiger partial charge in [-0.1, -0.05) is 15.9 Å². The number of carboxylic acids is 1. The van der Waals surface area contributed by atoms with Gasteiger partial charge >= 0.3 is 5.97 Å². The Balaban J connectivity index is 2.37. The van der Waals surface area contributed by atoms with E-state index >= 15 is 0 Å². The topological polar surface area (TPSA) is 59.4 Å². The summed E-state index contributed by atoms with van der Waals surface area (Å²) in [5.41, 5.74) is -0.224. The van der Waals surface area contributed by atoms with Crippen molar-refractivity contribution in [3.8, 4) is 11.5 Å². The van der Waals surface area contributed by atoms with E-state index in [9.17, 15) is 9.18 Å². The lowest BCUT2D eigenvalue weighted by Gasteiger charge is -2.08. The Morgan fingerprint density at radius 2 is 2.17 bits per heavy atom. The fraction of sp³-hybridized carbons (Fsp3) is 0.